The molecule has 26 heavy (non-hydrogen) atoms. The van der Waals surface area contributed by atoms with E-state index in [0.29, 0.717) is 30.2 Å². The topological polar surface area (TPSA) is 32.8 Å². The van der Waals surface area contributed by atoms with E-state index in [2.05, 4.69) is 11.0 Å². The number of rotatable bonds is 6. The zero-order valence-electron chi connectivity index (χ0n) is 14.9. The Morgan fingerprint density at radius 1 is 1.12 bits per heavy atom. The number of carbonyl (C=O) groups excluding carboxylic acids is 1. The highest BCUT2D eigenvalue weighted by atomic mass is 32.2. The predicted molar refractivity (Wildman–Crippen MR) is 104 cm³/mol. The van der Waals surface area contributed by atoms with Crippen LogP contribution in [0.5, 0.6) is 5.75 Å². The Morgan fingerprint density at radius 3 is 2.62 bits per heavy atom. The number of hydrogen-bond acceptors (Lipinski definition) is 4. The number of anilines is 1. The highest BCUT2D eigenvalue weighted by Crippen LogP contribution is 2.24. The number of methoxy groups -OCH3 is 1. The first-order chi connectivity index (χ1) is 12.7. The molecule has 0 unspecified atom stereocenters. The normalized spacial score (nSPS) is 14.4. The van der Waals surface area contributed by atoms with E-state index < -0.39 is 0 Å². The summed E-state index contributed by atoms with van der Waals surface area (Å²) in [5.74, 6) is 1.35. The summed E-state index contributed by atoms with van der Waals surface area (Å²) >= 11 is 1.39. The largest absolute Gasteiger partial charge is 0.497 e. The second-order valence-electron chi connectivity index (χ2n) is 6.10. The summed E-state index contributed by atoms with van der Waals surface area (Å²) < 4.78 is 18.9. The van der Waals surface area contributed by atoms with Crippen LogP contribution in [-0.4, -0.2) is 49.8 Å². The van der Waals surface area contributed by atoms with Gasteiger partial charge in [0.15, 0.2) is 0 Å². The van der Waals surface area contributed by atoms with E-state index >= 15 is 0 Å². The van der Waals surface area contributed by atoms with Gasteiger partial charge in [0.1, 0.15) is 11.6 Å². The Balaban J connectivity index is 1.45. The van der Waals surface area contributed by atoms with E-state index in [9.17, 15) is 9.18 Å². The second-order valence-corrected chi connectivity index (χ2v) is 7.23. The Labute approximate surface area is 157 Å². The minimum atomic E-state index is -0.225. The molecule has 0 spiro atoms. The molecule has 138 valence electrons. The van der Waals surface area contributed by atoms with Gasteiger partial charge in [-0.1, -0.05) is 18.2 Å². The third kappa shape index (κ3) is 4.69. The molecule has 6 heteroatoms. The minimum Gasteiger partial charge on any atom is -0.497 e. The summed E-state index contributed by atoms with van der Waals surface area (Å²) in [5.41, 5.74) is 1.12. The highest BCUT2D eigenvalue weighted by Gasteiger charge is 2.21. The van der Waals surface area contributed by atoms with Gasteiger partial charge in [0, 0.05) is 55.0 Å². The van der Waals surface area contributed by atoms with Crippen molar-refractivity contribution < 1.29 is 13.9 Å². The first-order valence-corrected chi connectivity index (χ1v) is 9.70. The van der Waals surface area contributed by atoms with Crippen LogP contribution in [-0.2, 0) is 4.79 Å². The zero-order valence-corrected chi connectivity index (χ0v) is 15.7. The van der Waals surface area contributed by atoms with Gasteiger partial charge < -0.3 is 14.5 Å². The average Bonchev–Trinajstić information content (AvgIpc) is 2.69. The molecule has 1 aliphatic heterocycles. The predicted octanol–water partition coefficient (Wildman–Crippen LogP) is 3.67. The fourth-order valence-corrected chi connectivity index (χ4v) is 3.87. The first-order valence-electron chi connectivity index (χ1n) is 8.71. The fourth-order valence-electron chi connectivity index (χ4n) is 2.99. The van der Waals surface area contributed by atoms with Gasteiger partial charge in [0.25, 0.3) is 0 Å². The van der Waals surface area contributed by atoms with Crippen LogP contribution in [0.1, 0.15) is 6.42 Å². The van der Waals surface area contributed by atoms with Gasteiger partial charge in [0.2, 0.25) is 5.91 Å². The molecule has 4 nitrogen and oxygen atoms in total. The van der Waals surface area contributed by atoms with E-state index in [1.54, 1.807) is 19.2 Å². The van der Waals surface area contributed by atoms with Crippen molar-refractivity contribution >= 4 is 23.4 Å². The number of piperazine rings is 1. The van der Waals surface area contributed by atoms with Crippen LogP contribution in [0, 0.1) is 5.82 Å². The molecular formula is C20H23FN2O2S. The summed E-state index contributed by atoms with van der Waals surface area (Å²) in [6.07, 6.45) is 0.429. The lowest BCUT2D eigenvalue weighted by molar-refractivity contribution is -0.131. The zero-order chi connectivity index (χ0) is 18.4. The monoisotopic (exact) mass is 374 g/mol. The van der Waals surface area contributed by atoms with Gasteiger partial charge in [-0.15, -0.1) is 11.8 Å². The van der Waals surface area contributed by atoms with Crippen molar-refractivity contribution in [3.8, 4) is 5.75 Å². The van der Waals surface area contributed by atoms with Crippen molar-refractivity contribution in [2.45, 2.75) is 11.3 Å². The maximum absolute atomic E-state index is 13.6. The standard InChI is InChI=1S/C20H23FN2O2S/c1-25-17-6-4-5-16(15-17)22-10-12-23(13-11-22)20(24)9-14-26-19-8-3-2-7-18(19)21/h2-8,15H,9-14H2,1H3. The number of nitrogens with zero attached hydrogens (tertiary/aromatic N) is 2. The maximum atomic E-state index is 13.6. The first kappa shape index (κ1) is 18.6. The van der Waals surface area contributed by atoms with E-state index in [4.69, 9.17) is 4.74 Å². The molecule has 0 aromatic heterocycles. The number of carbonyl (C=O) groups is 1. The van der Waals surface area contributed by atoms with E-state index in [-0.39, 0.29) is 11.7 Å². The molecule has 0 aliphatic carbocycles. The van der Waals surface area contributed by atoms with Crippen molar-refractivity contribution in [3.05, 3.63) is 54.3 Å². The SMILES string of the molecule is COc1cccc(N2CCN(C(=O)CCSc3ccccc3F)CC2)c1. The third-order valence-electron chi connectivity index (χ3n) is 4.46. The average molecular weight is 374 g/mol. The number of ether oxygens (including phenoxy) is 1. The molecule has 0 N–H and O–H groups in total. The van der Waals surface area contributed by atoms with E-state index in [1.807, 2.05) is 29.2 Å². The lowest BCUT2D eigenvalue weighted by Crippen LogP contribution is -2.48. The van der Waals surface area contributed by atoms with Gasteiger partial charge in [-0.25, -0.2) is 4.39 Å². The van der Waals surface area contributed by atoms with E-state index in [0.717, 1.165) is 24.5 Å². The number of benzene rings is 2. The molecular weight excluding hydrogens is 351 g/mol. The number of hydrogen-bond donors (Lipinski definition) is 0. The third-order valence-corrected chi connectivity index (χ3v) is 5.51. The smallest absolute Gasteiger partial charge is 0.223 e. The number of amides is 1. The van der Waals surface area contributed by atoms with Crippen LogP contribution in [0.2, 0.25) is 0 Å². The molecule has 2 aromatic rings. The summed E-state index contributed by atoms with van der Waals surface area (Å²) in [4.78, 5) is 17.2. The lowest BCUT2D eigenvalue weighted by Gasteiger charge is -2.36. The van der Waals surface area contributed by atoms with Gasteiger partial charge >= 0.3 is 0 Å². The van der Waals surface area contributed by atoms with Crippen LogP contribution >= 0.6 is 11.8 Å². The van der Waals surface area contributed by atoms with Crippen molar-refractivity contribution in [3.63, 3.8) is 0 Å². The molecule has 1 heterocycles. The molecule has 1 fully saturated rings. The van der Waals surface area contributed by atoms with Gasteiger partial charge in [0.05, 0.1) is 7.11 Å². The molecule has 0 bridgehead atoms. The number of thioether (sulfide) groups is 1. The van der Waals surface area contributed by atoms with Crippen LogP contribution < -0.4 is 9.64 Å². The van der Waals surface area contributed by atoms with Crippen molar-refractivity contribution in [1.82, 2.24) is 4.90 Å². The van der Waals surface area contributed by atoms with Gasteiger partial charge in [-0.2, -0.15) is 0 Å². The molecule has 0 radical (unpaired) electrons. The number of halogens is 1. The summed E-state index contributed by atoms with van der Waals surface area (Å²) in [5, 5.41) is 0. The molecule has 2 aromatic carbocycles. The van der Waals surface area contributed by atoms with Crippen LogP contribution in [0.25, 0.3) is 0 Å². The highest BCUT2D eigenvalue weighted by molar-refractivity contribution is 7.99. The minimum absolute atomic E-state index is 0.138. The van der Waals surface area contributed by atoms with Crippen molar-refractivity contribution in [1.29, 1.82) is 0 Å². The molecule has 0 atom stereocenters. The molecule has 3 rings (SSSR count). The fraction of sp³-hybridized carbons (Fsp3) is 0.350. The van der Waals surface area contributed by atoms with Gasteiger partial charge in [-0.05, 0) is 24.3 Å². The Kier molecular flexibility index (Phi) is 6.39. The second kappa shape index (κ2) is 8.94. The van der Waals surface area contributed by atoms with Gasteiger partial charge in [-0.3, -0.25) is 4.79 Å². The van der Waals surface area contributed by atoms with Crippen LogP contribution in [0.15, 0.2) is 53.4 Å². The van der Waals surface area contributed by atoms with Crippen molar-refractivity contribution in [2.24, 2.45) is 0 Å². The Bertz CT molecular complexity index is 748. The molecule has 1 aliphatic rings. The summed E-state index contributed by atoms with van der Waals surface area (Å²) in [6, 6.07) is 14.7. The summed E-state index contributed by atoms with van der Waals surface area (Å²) in [7, 11) is 1.66. The molecule has 1 saturated heterocycles. The molecule has 0 saturated carbocycles. The maximum Gasteiger partial charge on any atom is 0.223 e. The Hall–Kier alpha value is -2.21. The Morgan fingerprint density at radius 2 is 1.88 bits per heavy atom. The summed E-state index contributed by atoms with van der Waals surface area (Å²) in [6.45, 7) is 3.03. The van der Waals surface area contributed by atoms with E-state index in [1.165, 1.54) is 17.8 Å². The van der Waals surface area contributed by atoms with Crippen LogP contribution in [0.4, 0.5) is 10.1 Å². The van der Waals surface area contributed by atoms with Crippen LogP contribution in [0.3, 0.4) is 0 Å². The lowest BCUT2D eigenvalue weighted by atomic mass is 10.2. The molecule has 1 amide bonds. The van der Waals surface area contributed by atoms with Crippen molar-refractivity contribution in [2.75, 3.05) is 43.9 Å². The quantitative estimate of drug-likeness (QED) is 0.723.